The summed E-state index contributed by atoms with van der Waals surface area (Å²) in [7, 11) is 0. The van der Waals surface area contributed by atoms with Crippen molar-refractivity contribution in [1.29, 1.82) is 0 Å². The highest BCUT2D eigenvalue weighted by atomic mass is 35.5. The first-order valence-electron chi connectivity index (χ1n) is 10.0. The molecule has 0 bridgehead atoms. The highest BCUT2D eigenvalue weighted by Crippen LogP contribution is 2.28. The van der Waals surface area contributed by atoms with E-state index in [4.69, 9.17) is 11.6 Å². The van der Waals surface area contributed by atoms with Crippen molar-refractivity contribution in [1.82, 2.24) is 4.90 Å². The lowest BCUT2D eigenvalue weighted by molar-refractivity contribution is -0.121. The van der Waals surface area contributed by atoms with Gasteiger partial charge in [-0.25, -0.2) is 4.79 Å². The monoisotopic (exact) mass is 413 g/mol. The molecule has 3 rings (SSSR count). The Bertz CT molecular complexity index is 874. The molecule has 3 amide bonds. The smallest absolute Gasteiger partial charge is 0.321 e. The third kappa shape index (κ3) is 5.51. The van der Waals surface area contributed by atoms with E-state index in [1.54, 1.807) is 0 Å². The van der Waals surface area contributed by atoms with Crippen LogP contribution in [0.5, 0.6) is 0 Å². The molecule has 0 saturated carbocycles. The fourth-order valence-electron chi connectivity index (χ4n) is 3.62. The summed E-state index contributed by atoms with van der Waals surface area (Å²) in [6.45, 7) is 7.21. The van der Waals surface area contributed by atoms with Crippen molar-refractivity contribution >= 4 is 34.9 Å². The number of amides is 3. The van der Waals surface area contributed by atoms with Crippen LogP contribution in [-0.4, -0.2) is 29.9 Å². The second kappa shape index (κ2) is 9.31. The molecule has 154 valence electrons. The number of carbonyl (C=O) groups excluding carboxylic acids is 2. The molecule has 0 aromatic heterocycles. The largest absolute Gasteiger partial charge is 0.325 e. The zero-order chi connectivity index (χ0) is 21.0. The quantitative estimate of drug-likeness (QED) is 0.697. The molecule has 1 heterocycles. The van der Waals surface area contributed by atoms with Gasteiger partial charge in [-0.05, 0) is 62.4 Å². The van der Waals surface area contributed by atoms with Gasteiger partial charge in [0, 0.05) is 24.7 Å². The number of nitrogens with zero attached hydrogens (tertiary/aromatic N) is 1. The Morgan fingerprint density at radius 2 is 1.62 bits per heavy atom. The predicted octanol–water partition coefficient (Wildman–Crippen LogP) is 5.48. The molecule has 1 fully saturated rings. The maximum absolute atomic E-state index is 12.7. The summed E-state index contributed by atoms with van der Waals surface area (Å²) in [5, 5.41) is 6.43. The number of halogens is 1. The normalized spacial score (nSPS) is 15.7. The van der Waals surface area contributed by atoms with Crippen LogP contribution in [-0.2, 0) is 4.79 Å². The van der Waals surface area contributed by atoms with Crippen LogP contribution < -0.4 is 10.6 Å². The second-order valence-electron chi connectivity index (χ2n) is 7.88. The van der Waals surface area contributed by atoms with Gasteiger partial charge < -0.3 is 15.5 Å². The minimum Gasteiger partial charge on any atom is -0.325 e. The van der Waals surface area contributed by atoms with E-state index in [-0.39, 0.29) is 23.8 Å². The first kappa shape index (κ1) is 21.2. The van der Waals surface area contributed by atoms with Crippen molar-refractivity contribution in [3.8, 4) is 0 Å². The Morgan fingerprint density at radius 3 is 2.24 bits per heavy atom. The van der Waals surface area contributed by atoms with Crippen LogP contribution in [0.3, 0.4) is 0 Å². The minimum absolute atomic E-state index is 0.0293. The van der Waals surface area contributed by atoms with Crippen molar-refractivity contribution in [2.24, 2.45) is 11.8 Å². The van der Waals surface area contributed by atoms with E-state index >= 15 is 0 Å². The van der Waals surface area contributed by atoms with Gasteiger partial charge in [0.1, 0.15) is 0 Å². The van der Waals surface area contributed by atoms with Gasteiger partial charge in [-0.2, -0.15) is 0 Å². The summed E-state index contributed by atoms with van der Waals surface area (Å²) in [4.78, 5) is 27.0. The van der Waals surface area contributed by atoms with Crippen LogP contribution in [0, 0.1) is 25.7 Å². The van der Waals surface area contributed by atoms with Crippen molar-refractivity contribution < 1.29 is 9.59 Å². The highest BCUT2D eigenvalue weighted by Gasteiger charge is 2.30. The number of anilines is 2. The van der Waals surface area contributed by atoms with Gasteiger partial charge in [-0.1, -0.05) is 42.3 Å². The third-order valence-electron chi connectivity index (χ3n) is 5.63. The zero-order valence-electron chi connectivity index (χ0n) is 17.2. The number of rotatable bonds is 4. The molecule has 2 aromatic rings. The number of hydrogen-bond acceptors (Lipinski definition) is 2. The number of benzene rings is 2. The summed E-state index contributed by atoms with van der Waals surface area (Å²) < 4.78 is 0. The van der Waals surface area contributed by atoms with Gasteiger partial charge in [0.25, 0.3) is 0 Å². The number of likely N-dealkylation sites (tertiary alicyclic amines) is 1. The number of hydrogen-bond donors (Lipinski definition) is 2. The topological polar surface area (TPSA) is 61.4 Å². The van der Waals surface area contributed by atoms with Crippen molar-refractivity contribution in [2.45, 2.75) is 33.6 Å². The van der Waals surface area contributed by atoms with Gasteiger partial charge in [-0.3, -0.25) is 4.79 Å². The summed E-state index contributed by atoms with van der Waals surface area (Å²) in [5.41, 5.74) is 3.65. The Labute approximate surface area is 177 Å². The molecule has 2 aromatic carbocycles. The summed E-state index contributed by atoms with van der Waals surface area (Å²) in [6.07, 6.45) is 1.61. The maximum atomic E-state index is 12.7. The summed E-state index contributed by atoms with van der Waals surface area (Å²) in [5.74, 6) is 0.0654. The first-order valence-corrected chi connectivity index (χ1v) is 10.4. The Hall–Kier alpha value is -2.53. The van der Waals surface area contributed by atoms with Crippen LogP contribution >= 0.6 is 11.6 Å². The molecule has 0 spiro atoms. The van der Waals surface area contributed by atoms with Crippen molar-refractivity contribution in [2.75, 3.05) is 23.7 Å². The lowest BCUT2D eigenvalue weighted by Crippen LogP contribution is -2.43. The molecule has 0 unspecified atom stereocenters. The van der Waals surface area contributed by atoms with Gasteiger partial charge >= 0.3 is 6.03 Å². The molecule has 1 saturated heterocycles. The maximum Gasteiger partial charge on any atom is 0.321 e. The van der Waals surface area contributed by atoms with Crippen LogP contribution in [0.2, 0.25) is 5.02 Å². The number of urea groups is 1. The zero-order valence-corrected chi connectivity index (χ0v) is 17.9. The lowest BCUT2D eigenvalue weighted by atomic mass is 9.85. The van der Waals surface area contributed by atoms with Crippen LogP contribution in [0.4, 0.5) is 16.2 Å². The van der Waals surface area contributed by atoms with E-state index in [0.717, 1.165) is 29.7 Å². The standard InChI is InChI=1S/C23H28ClN3O2/c1-15-4-7-19(8-5-15)25-23(29)27-12-10-18(11-13-27)17(3)22(28)26-21-9-6-16(2)14-20(21)24/h4-9,14,17-18H,10-13H2,1-3H3,(H,25,29)(H,26,28)/t17-/m0/s1. The van der Waals surface area contributed by atoms with E-state index in [2.05, 4.69) is 10.6 Å². The Morgan fingerprint density at radius 1 is 1.00 bits per heavy atom. The molecule has 0 aliphatic carbocycles. The summed E-state index contributed by atoms with van der Waals surface area (Å²) >= 11 is 6.23. The summed E-state index contributed by atoms with van der Waals surface area (Å²) in [6, 6.07) is 13.3. The van der Waals surface area contributed by atoms with E-state index in [9.17, 15) is 9.59 Å². The molecule has 1 atom stereocenters. The Kier molecular flexibility index (Phi) is 6.80. The van der Waals surface area contributed by atoms with Gasteiger partial charge in [0.15, 0.2) is 0 Å². The van der Waals surface area contributed by atoms with Crippen LogP contribution in [0.1, 0.15) is 30.9 Å². The molecule has 1 aliphatic rings. The molecular weight excluding hydrogens is 386 g/mol. The average Bonchev–Trinajstić information content (AvgIpc) is 2.71. The van der Waals surface area contributed by atoms with Crippen LogP contribution in [0.15, 0.2) is 42.5 Å². The molecule has 1 aliphatic heterocycles. The van der Waals surface area contributed by atoms with Gasteiger partial charge in [-0.15, -0.1) is 0 Å². The Balaban J connectivity index is 1.50. The number of carbonyl (C=O) groups is 2. The number of aryl methyl sites for hydroxylation is 2. The predicted molar refractivity (Wildman–Crippen MR) is 118 cm³/mol. The first-order chi connectivity index (χ1) is 13.8. The number of nitrogens with one attached hydrogen (secondary N) is 2. The SMILES string of the molecule is Cc1ccc(NC(=O)N2CCC([C@H](C)C(=O)Nc3ccc(C)cc3Cl)CC2)cc1. The van der Waals surface area contributed by atoms with Crippen molar-refractivity contribution in [3.05, 3.63) is 58.6 Å². The molecule has 5 nitrogen and oxygen atoms in total. The molecule has 6 heteroatoms. The van der Waals surface area contributed by atoms with E-state index in [0.29, 0.717) is 23.8 Å². The lowest BCUT2D eigenvalue weighted by Gasteiger charge is -2.34. The molecule has 0 radical (unpaired) electrons. The third-order valence-corrected chi connectivity index (χ3v) is 5.95. The second-order valence-corrected chi connectivity index (χ2v) is 8.29. The molecule has 2 N–H and O–H groups in total. The number of piperidine rings is 1. The van der Waals surface area contributed by atoms with E-state index in [1.165, 1.54) is 0 Å². The van der Waals surface area contributed by atoms with Gasteiger partial charge in [0.2, 0.25) is 5.91 Å². The van der Waals surface area contributed by atoms with E-state index < -0.39 is 0 Å². The van der Waals surface area contributed by atoms with Gasteiger partial charge in [0.05, 0.1) is 10.7 Å². The van der Waals surface area contributed by atoms with Crippen LogP contribution in [0.25, 0.3) is 0 Å². The van der Waals surface area contributed by atoms with E-state index in [1.807, 2.05) is 68.1 Å². The fourth-order valence-corrected chi connectivity index (χ4v) is 3.91. The molecule has 29 heavy (non-hydrogen) atoms. The average molecular weight is 414 g/mol. The highest BCUT2D eigenvalue weighted by molar-refractivity contribution is 6.33. The van der Waals surface area contributed by atoms with Crippen molar-refractivity contribution in [3.63, 3.8) is 0 Å². The minimum atomic E-state index is -0.144. The fraction of sp³-hybridized carbons (Fsp3) is 0.391. The molecular formula is C23H28ClN3O2.